The first kappa shape index (κ1) is 14.4. The Hall–Kier alpha value is -1.06. The largest absolute Gasteiger partial charge is 0.494 e. The lowest BCUT2D eigenvalue weighted by Crippen LogP contribution is -2.31. The third-order valence-electron chi connectivity index (χ3n) is 4.21. The third kappa shape index (κ3) is 3.48. The molecule has 1 aromatic carbocycles. The van der Waals surface area contributed by atoms with Crippen LogP contribution in [-0.4, -0.2) is 12.6 Å². The minimum absolute atomic E-state index is 0.127. The van der Waals surface area contributed by atoms with Crippen molar-refractivity contribution in [1.82, 2.24) is 0 Å². The van der Waals surface area contributed by atoms with Crippen molar-refractivity contribution in [3.05, 3.63) is 29.3 Å². The smallest absolute Gasteiger partial charge is 0.122 e. The van der Waals surface area contributed by atoms with Crippen LogP contribution in [0.4, 0.5) is 0 Å². The molecule has 0 amide bonds. The maximum atomic E-state index is 6.43. The summed E-state index contributed by atoms with van der Waals surface area (Å²) in [4.78, 5) is 0. The van der Waals surface area contributed by atoms with Crippen LogP contribution in [0, 0.1) is 12.8 Å². The van der Waals surface area contributed by atoms with Crippen LogP contribution in [0.5, 0.6) is 5.75 Å². The van der Waals surface area contributed by atoms with E-state index in [1.54, 1.807) is 0 Å². The molecule has 0 aromatic heterocycles. The van der Waals surface area contributed by atoms with Gasteiger partial charge in [0.05, 0.1) is 6.61 Å². The topological polar surface area (TPSA) is 61.3 Å². The molecule has 0 aliphatic heterocycles. The van der Waals surface area contributed by atoms with Gasteiger partial charge in [-0.1, -0.05) is 12.1 Å². The van der Waals surface area contributed by atoms with Crippen LogP contribution in [0.1, 0.15) is 49.8 Å². The molecule has 1 aliphatic rings. The number of nitrogens with two attached hydrogens (primary N) is 2. The van der Waals surface area contributed by atoms with E-state index in [9.17, 15) is 0 Å². The van der Waals surface area contributed by atoms with Crippen LogP contribution in [0.3, 0.4) is 0 Å². The van der Waals surface area contributed by atoms with E-state index < -0.39 is 0 Å². The van der Waals surface area contributed by atoms with Gasteiger partial charge in [0, 0.05) is 12.1 Å². The van der Waals surface area contributed by atoms with Gasteiger partial charge in [0.1, 0.15) is 5.75 Å². The van der Waals surface area contributed by atoms with Crippen LogP contribution in [0.25, 0.3) is 0 Å². The Morgan fingerprint density at radius 2 is 1.95 bits per heavy atom. The molecule has 1 aromatic rings. The predicted molar refractivity (Wildman–Crippen MR) is 79.2 cm³/mol. The van der Waals surface area contributed by atoms with E-state index in [1.165, 1.54) is 11.1 Å². The fourth-order valence-corrected chi connectivity index (χ4v) is 2.97. The summed E-state index contributed by atoms with van der Waals surface area (Å²) in [6.45, 7) is 4.79. The van der Waals surface area contributed by atoms with E-state index in [-0.39, 0.29) is 6.04 Å². The van der Waals surface area contributed by atoms with Gasteiger partial charge < -0.3 is 16.2 Å². The van der Waals surface area contributed by atoms with E-state index >= 15 is 0 Å². The molecule has 1 unspecified atom stereocenters. The monoisotopic (exact) mass is 262 g/mol. The van der Waals surface area contributed by atoms with Crippen LogP contribution in [-0.2, 0) is 0 Å². The zero-order valence-electron chi connectivity index (χ0n) is 12.1. The van der Waals surface area contributed by atoms with E-state index in [4.69, 9.17) is 16.2 Å². The average Bonchev–Trinajstić information content (AvgIpc) is 2.41. The summed E-state index contributed by atoms with van der Waals surface area (Å²) in [6.07, 6.45) is 4.51. The van der Waals surface area contributed by atoms with Gasteiger partial charge in [0.25, 0.3) is 0 Å². The molecule has 19 heavy (non-hydrogen) atoms. The minimum Gasteiger partial charge on any atom is -0.494 e. The predicted octanol–water partition coefficient (Wildman–Crippen LogP) is 2.91. The Labute approximate surface area is 116 Å². The van der Waals surface area contributed by atoms with E-state index in [0.29, 0.717) is 18.6 Å². The molecule has 0 radical (unpaired) electrons. The molecule has 0 spiro atoms. The van der Waals surface area contributed by atoms with Gasteiger partial charge in [-0.2, -0.15) is 0 Å². The maximum absolute atomic E-state index is 6.43. The van der Waals surface area contributed by atoms with Crippen molar-refractivity contribution in [2.75, 3.05) is 6.61 Å². The molecule has 3 heteroatoms. The Bertz CT molecular complexity index is 411. The van der Waals surface area contributed by atoms with E-state index in [0.717, 1.165) is 31.4 Å². The summed E-state index contributed by atoms with van der Waals surface area (Å²) in [5, 5.41) is 0. The molecular weight excluding hydrogens is 236 g/mol. The first-order valence-electron chi connectivity index (χ1n) is 7.36. The fraction of sp³-hybridized carbons (Fsp3) is 0.625. The van der Waals surface area contributed by atoms with Crippen molar-refractivity contribution in [3.63, 3.8) is 0 Å². The molecule has 106 valence electrons. The summed E-state index contributed by atoms with van der Waals surface area (Å²) in [6, 6.07) is 6.83. The lowest BCUT2D eigenvalue weighted by Gasteiger charge is -2.31. The quantitative estimate of drug-likeness (QED) is 0.877. The highest BCUT2D eigenvalue weighted by atomic mass is 16.5. The van der Waals surface area contributed by atoms with Crippen molar-refractivity contribution >= 4 is 0 Å². The first-order valence-corrected chi connectivity index (χ1v) is 7.36. The molecule has 4 N–H and O–H groups in total. The van der Waals surface area contributed by atoms with Crippen LogP contribution in [0.2, 0.25) is 0 Å². The molecular formula is C16H26N2O. The Kier molecular flexibility index (Phi) is 4.83. The third-order valence-corrected chi connectivity index (χ3v) is 4.21. The summed E-state index contributed by atoms with van der Waals surface area (Å²) < 4.78 is 5.57. The SMILES string of the molecule is CCOc1ccc(C(N)C2CCC(N)CC2)cc1C. The van der Waals surface area contributed by atoms with Crippen molar-refractivity contribution in [2.45, 2.75) is 51.6 Å². The van der Waals surface area contributed by atoms with Crippen LogP contribution >= 0.6 is 0 Å². The van der Waals surface area contributed by atoms with Gasteiger partial charge in [0.15, 0.2) is 0 Å². The molecule has 1 saturated carbocycles. The van der Waals surface area contributed by atoms with Crippen molar-refractivity contribution in [3.8, 4) is 5.75 Å². The zero-order chi connectivity index (χ0) is 13.8. The molecule has 0 bridgehead atoms. The molecule has 0 saturated heterocycles. The number of ether oxygens (including phenoxy) is 1. The average molecular weight is 262 g/mol. The Morgan fingerprint density at radius 1 is 1.26 bits per heavy atom. The van der Waals surface area contributed by atoms with Gasteiger partial charge >= 0.3 is 0 Å². The lowest BCUT2D eigenvalue weighted by atomic mass is 9.79. The Balaban J connectivity index is 2.06. The molecule has 1 atom stereocenters. The second-order valence-corrected chi connectivity index (χ2v) is 5.66. The van der Waals surface area contributed by atoms with Crippen LogP contribution < -0.4 is 16.2 Å². The van der Waals surface area contributed by atoms with Gasteiger partial charge in [-0.05, 0) is 62.6 Å². The van der Waals surface area contributed by atoms with E-state index in [1.807, 2.05) is 13.0 Å². The molecule has 1 aliphatic carbocycles. The van der Waals surface area contributed by atoms with Gasteiger partial charge in [0.2, 0.25) is 0 Å². The van der Waals surface area contributed by atoms with Gasteiger partial charge in [-0.3, -0.25) is 0 Å². The fourth-order valence-electron chi connectivity index (χ4n) is 2.97. The van der Waals surface area contributed by atoms with Gasteiger partial charge in [-0.25, -0.2) is 0 Å². The minimum atomic E-state index is 0.127. The number of hydrogen-bond acceptors (Lipinski definition) is 3. The first-order chi connectivity index (χ1) is 9.11. The number of benzene rings is 1. The van der Waals surface area contributed by atoms with Gasteiger partial charge in [-0.15, -0.1) is 0 Å². The summed E-state index contributed by atoms with van der Waals surface area (Å²) in [5.41, 5.74) is 14.8. The highest BCUT2D eigenvalue weighted by molar-refractivity contribution is 5.37. The van der Waals surface area contributed by atoms with Crippen LogP contribution in [0.15, 0.2) is 18.2 Å². The second kappa shape index (κ2) is 6.40. The van der Waals surface area contributed by atoms with Crippen molar-refractivity contribution in [1.29, 1.82) is 0 Å². The summed E-state index contributed by atoms with van der Waals surface area (Å²) >= 11 is 0. The maximum Gasteiger partial charge on any atom is 0.122 e. The Morgan fingerprint density at radius 3 is 2.53 bits per heavy atom. The summed E-state index contributed by atoms with van der Waals surface area (Å²) in [7, 11) is 0. The number of hydrogen-bond donors (Lipinski definition) is 2. The molecule has 1 fully saturated rings. The zero-order valence-corrected chi connectivity index (χ0v) is 12.1. The van der Waals surface area contributed by atoms with Crippen molar-refractivity contribution in [2.24, 2.45) is 17.4 Å². The number of rotatable bonds is 4. The van der Waals surface area contributed by atoms with E-state index in [2.05, 4.69) is 19.1 Å². The van der Waals surface area contributed by atoms with Crippen molar-refractivity contribution < 1.29 is 4.74 Å². The molecule has 0 heterocycles. The lowest BCUT2D eigenvalue weighted by molar-refractivity contribution is 0.284. The molecule has 2 rings (SSSR count). The highest BCUT2D eigenvalue weighted by Gasteiger charge is 2.25. The molecule has 3 nitrogen and oxygen atoms in total. The summed E-state index contributed by atoms with van der Waals surface area (Å²) in [5.74, 6) is 1.53. The second-order valence-electron chi connectivity index (χ2n) is 5.66. The normalized spacial score (nSPS) is 25.1. The number of aryl methyl sites for hydroxylation is 1. The highest BCUT2D eigenvalue weighted by Crippen LogP contribution is 2.33. The standard InChI is InChI=1S/C16H26N2O/c1-3-19-15-9-6-13(10-11(15)2)16(18)12-4-7-14(17)8-5-12/h6,9-10,12,14,16H,3-5,7-8,17-18H2,1-2H3.